The van der Waals surface area contributed by atoms with Crippen molar-refractivity contribution in [2.24, 2.45) is 5.41 Å². The third-order valence-electron chi connectivity index (χ3n) is 5.54. The van der Waals surface area contributed by atoms with Crippen LogP contribution in [0.5, 0.6) is 0 Å². The second-order valence-corrected chi connectivity index (χ2v) is 9.73. The van der Waals surface area contributed by atoms with Crippen molar-refractivity contribution < 1.29 is 50.9 Å². The molecule has 2 aliphatic rings. The average molecular weight is 571 g/mol. The highest BCUT2D eigenvalue weighted by molar-refractivity contribution is 7.09. The van der Waals surface area contributed by atoms with Crippen molar-refractivity contribution in [1.29, 1.82) is 0 Å². The molecular weight excluding hydrogens is 546 g/mol. The van der Waals surface area contributed by atoms with Gasteiger partial charge in [-0.3, -0.25) is 14.7 Å². The first kappa shape index (κ1) is 31.0. The molecule has 2 aliphatic heterocycles. The van der Waals surface area contributed by atoms with Crippen molar-refractivity contribution in [3.63, 3.8) is 0 Å². The average Bonchev–Trinajstić information content (AvgIpc) is 3.47. The van der Waals surface area contributed by atoms with E-state index in [9.17, 15) is 31.1 Å². The SMILES string of the molecule is Cc1nc(CN2CC3(CCN(Cc4ccccn4)C3)CC2=O)cs1.O=C(O)C(F)(F)F.O=C(O)C(F)(F)F. The fraction of sp³-hybridized carbons (Fsp3) is 0.500. The number of likely N-dealkylation sites (tertiary alicyclic amines) is 2. The van der Waals surface area contributed by atoms with E-state index in [0.29, 0.717) is 13.0 Å². The molecule has 1 amide bonds. The number of carbonyl (C=O) groups excluding carboxylic acids is 1. The van der Waals surface area contributed by atoms with Crippen molar-refractivity contribution >= 4 is 29.2 Å². The molecule has 1 atom stereocenters. The highest BCUT2D eigenvalue weighted by Crippen LogP contribution is 2.41. The minimum Gasteiger partial charge on any atom is -0.475 e. The Morgan fingerprint density at radius 2 is 1.63 bits per heavy atom. The van der Waals surface area contributed by atoms with Crippen molar-refractivity contribution in [1.82, 2.24) is 19.8 Å². The molecule has 2 aromatic heterocycles. The van der Waals surface area contributed by atoms with E-state index < -0.39 is 24.3 Å². The minimum absolute atomic E-state index is 0.122. The Morgan fingerprint density at radius 1 is 1.03 bits per heavy atom. The second kappa shape index (κ2) is 12.5. The van der Waals surface area contributed by atoms with Crippen LogP contribution in [0.3, 0.4) is 0 Å². The van der Waals surface area contributed by atoms with Crippen LogP contribution in [0.25, 0.3) is 0 Å². The Kier molecular flexibility index (Phi) is 10.2. The highest BCUT2D eigenvalue weighted by atomic mass is 32.1. The molecule has 1 unspecified atom stereocenters. The van der Waals surface area contributed by atoms with Crippen LogP contribution in [0, 0.1) is 12.3 Å². The lowest BCUT2D eigenvalue weighted by molar-refractivity contribution is -0.193. The van der Waals surface area contributed by atoms with Crippen molar-refractivity contribution in [2.75, 3.05) is 19.6 Å². The van der Waals surface area contributed by atoms with Crippen LogP contribution in [-0.2, 0) is 27.5 Å². The first-order valence-corrected chi connectivity index (χ1v) is 11.8. The Balaban J connectivity index is 0.000000301. The zero-order valence-electron chi connectivity index (χ0n) is 19.9. The van der Waals surface area contributed by atoms with E-state index in [1.807, 2.05) is 30.2 Å². The van der Waals surface area contributed by atoms with Gasteiger partial charge in [0.05, 0.1) is 22.9 Å². The summed E-state index contributed by atoms with van der Waals surface area (Å²) in [7, 11) is 0. The third-order valence-corrected chi connectivity index (χ3v) is 6.36. The third kappa shape index (κ3) is 9.55. The van der Waals surface area contributed by atoms with Gasteiger partial charge in [0, 0.05) is 43.0 Å². The molecule has 0 aromatic carbocycles. The molecule has 0 aliphatic carbocycles. The molecule has 4 rings (SSSR count). The van der Waals surface area contributed by atoms with Gasteiger partial charge in [-0.1, -0.05) is 6.07 Å². The largest absolute Gasteiger partial charge is 0.490 e. The Bertz CT molecular complexity index is 1090. The summed E-state index contributed by atoms with van der Waals surface area (Å²) in [5, 5.41) is 17.4. The predicted molar refractivity (Wildman–Crippen MR) is 121 cm³/mol. The summed E-state index contributed by atoms with van der Waals surface area (Å²) in [5.74, 6) is -5.24. The topological polar surface area (TPSA) is 124 Å². The van der Waals surface area contributed by atoms with Gasteiger partial charge in [0.2, 0.25) is 5.91 Å². The fourth-order valence-electron chi connectivity index (χ4n) is 3.96. The molecule has 9 nitrogen and oxygen atoms in total. The van der Waals surface area contributed by atoms with Gasteiger partial charge >= 0.3 is 24.3 Å². The van der Waals surface area contributed by atoms with Crippen LogP contribution in [-0.4, -0.2) is 79.8 Å². The number of amides is 1. The molecule has 210 valence electrons. The van der Waals surface area contributed by atoms with E-state index in [-0.39, 0.29) is 11.3 Å². The van der Waals surface area contributed by atoms with E-state index in [4.69, 9.17) is 19.8 Å². The van der Waals surface area contributed by atoms with Crippen LogP contribution in [0.1, 0.15) is 29.2 Å². The molecule has 4 heterocycles. The maximum absolute atomic E-state index is 12.5. The van der Waals surface area contributed by atoms with Crippen molar-refractivity contribution in [2.45, 2.75) is 45.2 Å². The standard InChI is InChI=1S/C18H22N4OS.2C2HF3O2/c1-14-20-16(11-24-14)10-22-13-18(8-17(22)23)5-7-21(12-18)9-15-4-2-3-6-19-15;2*3-2(4,5)1(6)7/h2-4,6,11H,5,7-10,12-13H2,1H3;2*(H,6,7). The lowest BCUT2D eigenvalue weighted by atomic mass is 9.86. The molecule has 2 aromatic rings. The van der Waals surface area contributed by atoms with E-state index >= 15 is 0 Å². The zero-order chi connectivity index (χ0) is 28.7. The number of aliphatic carboxylic acids is 2. The number of nitrogens with zero attached hydrogens (tertiary/aromatic N) is 4. The molecule has 2 N–H and O–H groups in total. The predicted octanol–water partition coefficient (Wildman–Crippen LogP) is 3.74. The second-order valence-electron chi connectivity index (χ2n) is 8.67. The summed E-state index contributed by atoms with van der Waals surface area (Å²) < 4.78 is 63.5. The lowest BCUT2D eigenvalue weighted by Crippen LogP contribution is -2.31. The normalized spacial score (nSPS) is 19.6. The van der Waals surface area contributed by atoms with Crippen LogP contribution >= 0.6 is 11.3 Å². The number of halogens is 6. The number of pyridine rings is 1. The van der Waals surface area contributed by atoms with Crippen LogP contribution < -0.4 is 0 Å². The zero-order valence-corrected chi connectivity index (χ0v) is 20.7. The van der Waals surface area contributed by atoms with Gasteiger partial charge in [0.1, 0.15) is 0 Å². The van der Waals surface area contributed by atoms with Gasteiger partial charge in [-0.05, 0) is 32.0 Å². The van der Waals surface area contributed by atoms with E-state index in [0.717, 1.165) is 49.0 Å². The molecule has 2 fully saturated rings. The summed E-state index contributed by atoms with van der Waals surface area (Å²) in [6.45, 7) is 6.44. The maximum atomic E-state index is 12.5. The van der Waals surface area contributed by atoms with Crippen LogP contribution in [0.2, 0.25) is 0 Å². The molecule has 38 heavy (non-hydrogen) atoms. The summed E-state index contributed by atoms with van der Waals surface area (Å²) >= 11 is 1.65. The first-order valence-electron chi connectivity index (χ1n) is 10.9. The van der Waals surface area contributed by atoms with E-state index in [1.54, 1.807) is 11.3 Å². The number of hydrogen-bond donors (Lipinski definition) is 2. The Labute approximate surface area is 216 Å². The van der Waals surface area contributed by atoms with Gasteiger partial charge < -0.3 is 15.1 Å². The fourth-order valence-corrected chi connectivity index (χ4v) is 4.56. The number of alkyl halides is 6. The number of aryl methyl sites for hydroxylation is 1. The molecular formula is C22H24F6N4O5S. The molecule has 2 saturated heterocycles. The summed E-state index contributed by atoms with van der Waals surface area (Å²) in [5.41, 5.74) is 2.25. The number of carboxylic acid groups (broad SMARTS) is 2. The smallest absolute Gasteiger partial charge is 0.475 e. The molecule has 0 saturated carbocycles. The Hall–Kier alpha value is -3.27. The van der Waals surface area contributed by atoms with Crippen LogP contribution in [0.4, 0.5) is 26.3 Å². The van der Waals surface area contributed by atoms with Gasteiger partial charge in [0.15, 0.2) is 0 Å². The van der Waals surface area contributed by atoms with Gasteiger partial charge in [-0.25, -0.2) is 14.6 Å². The lowest BCUT2D eigenvalue weighted by Gasteiger charge is -2.24. The molecule has 0 radical (unpaired) electrons. The van der Waals surface area contributed by atoms with E-state index in [2.05, 4.69) is 26.3 Å². The van der Waals surface area contributed by atoms with Crippen LogP contribution in [0.15, 0.2) is 29.8 Å². The van der Waals surface area contributed by atoms with Gasteiger partial charge in [0.25, 0.3) is 0 Å². The van der Waals surface area contributed by atoms with E-state index in [1.165, 1.54) is 0 Å². The first-order chi connectivity index (χ1) is 17.5. The maximum Gasteiger partial charge on any atom is 0.490 e. The summed E-state index contributed by atoms with van der Waals surface area (Å²) in [6.07, 6.45) is -6.55. The van der Waals surface area contributed by atoms with Crippen molar-refractivity contribution in [3.05, 3.63) is 46.2 Å². The van der Waals surface area contributed by atoms with Crippen molar-refractivity contribution in [3.8, 4) is 0 Å². The number of carboxylic acids is 2. The number of rotatable bonds is 4. The van der Waals surface area contributed by atoms with Gasteiger partial charge in [-0.2, -0.15) is 26.3 Å². The number of hydrogen-bond acceptors (Lipinski definition) is 7. The summed E-state index contributed by atoms with van der Waals surface area (Å²) in [4.78, 5) is 43.6. The summed E-state index contributed by atoms with van der Waals surface area (Å²) in [6, 6.07) is 6.05. The quantitative estimate of drug-likeness (QED) is 0.533. The van der Waals surface area contributed by atoms with Gasteiger partial charge in [-0.15, -0.1) is 11.3 Å². The molecule has 16 heteroatoms. The molecule has 0 bridgehead atoms. The number of carbonyl (C=O) groups is 3. The highest BCUT2D eigenvalue weighted by Gasteiger charge is 2.47. The minimum atomic E-state index is -5.08. The number of aromatic nitrogens is 2. The monoisotopic (exact) mass is 570 g/mol. The number of thiazole rings is 1. The molecule has 1 spiro atoms. The Morgan fingerprint density at radius 3 is 2.11 bits per heavy atom.